The van der Waals surface area contributed by atoms with Crippen LogP contribution in [0.4, 0.5) is 0 Å². The van der Waals surface area contributed by atoms with Crippen LogP contribution in [0.5, 0.6) is 0 Å². The fraction of sp³-hybridized carbons (Fsp3) is 0.611. The fourth-order valence-corrected chi connectivity index (χ4v) is 3.82. The van der Waals surface area contributed by atoms with Crippen molar-refractivity contribution < 1.29 is 4.79 Å². The molecule has 1 N–H and O–H groups in total. The van der Waals surface area contributed by atoms with Gasteiger partial charge in [0.05, 0.1) is 6.17 Å². The number of hydrogen-bond donors (Lipinski definition) is 1. The predicted octanol–water partition coefficient (Wildman–Crippen LogP) is 3.47. The van der Waals surface area contributed by atoms with Crippen molar-refractivity contribution in [3.05, 3.63) is 35.9 Å². The van der Waals surface area contributed by atoms with E-state index in [1.807, 2.05) is 18.2 Å². The first-order valence-electron chi connectivity index (χ1n) is 8.35. The summed E-state index contributed by atoms with van der Waals surface area (Å²) in [5.74, 6) is 0.879. The average molecular weight is 286 g/mol. The second kappa shape index (κ2) is 6.18. The average Bonchev–Trinajstić information content (AvgIpc) is 3.15. The summed E-state index contributed by atoms with van der Waals surface area (Å²) in [7, 11) is 0. The summed E-state index contributed by atoms with van der Waals surface area (Å²) < 4.78 is 0. The summed E-state index contributed by atoms with van der Waals surface area (Å²) in [6.07, 6.45) is 6.35. The SMILES string of the molecule is CCC(C)N1C(=O)C(c2ccccc2)NC1C1CCCC1. The van der Waals surface area contributed by atoms with Gasteiger partial charge in [0.2, 0.25) is 5.91 Å². The third-order valence-electron chi connectivity index (χ3n) is 5.18. The molecule has 1 saturated heterocycles. The number of nitrogens with one attached hydrogen (secondary N) is 1. The van der Waals surface area contributed by atoms with E-state index in [2.05, 4.69) is 36.2 Å². The van der Waals surface area contributed by atoms with Gasteiger partial charge in [0.15, 0.2) is 0 Å². The van der Waals surface area contributed by atoms with Gasteiger partial charge in [-0.2, -0.15) is 0 Å². The molecule has 2 aliphatic rings. The largest absolute Gasteiger partial charge is 0.323 e. The summed E-state index contributed by atoms with van der Waals surface area (Å²) in [6.45, 7) is 4.34. The lowest BCUT2D eigenvalue weighted by atomic mass is 10.0. The van der Waals surface area contributed by atoms with Crippen LogP contribution in [0.15, 0.2) is 30.3 Å². The number of nitrogens with zero attached hydrogens (tertiary/aromatic N) is 1. The highest BCUT2D eigenvalue weighted by Crippen LogP contribution is 2.36. The van der Waals surface area contributed by atoms with E-state index < -0.39 is 0 Å². The van der Waals surface area contributed by atoms with Crippen LogP contribution in [0, 0.1) is 5.92 Å². The summed E-state index contributed by atoms with van der Waals surface area (Å²) in [5.41, 5.74) is 1.09. The van der Waals surface area contributed by atoms with Crippen LogP contribution in [0.2, 0.25) is 0 Å². The van der Waals surface area contributed by atoms with Crippen LogP contribution in [0.1, 0.15) is 57.6 Å². The maximum absolute atomic E-state index is 12.9. The Morgan fingerprint density at radius 3 is 2.52 bits per heavy atom. The Balaban J connectivity index is 1.87. The third-order valence-corrected chi connectivity index (χ3v) is 5.18. The fourth-order valence-electron chi connectivity index (χ4n) is 3.82. The second-order valence-corrected chi connectivity index (χ2v) is 6.50. The van der Waals surface area contributed by atoms with E-state index in [0.29, 0.717) is 12.0 Å². The van der Waals surface area contributed by atoms with Gasteiger partial charge < -0.3 is 4.90 Å². The highest BCUT2D eigenvalue weighted by atomic mass is 16.2. The number of amides is 1. The summed E-state index contributed by atoms with van der Waals surface area (Å²) in [5, 5.41) is 3.64. The molecule has 1 aliphatic heterocycles. The summed E-state index contributed by atoms with van der Waals surface area (Å²) in [6, 6.07) is 10.3. The first-order valence-corrected chi connectivity index (χ1v) is 8.35. The maximum Gasteiger partial charge on any atom is 0.245 e. The van der Waals surface area contributed by atoms with Gasteiger partial charge in [-0.05, 0) is 37.7 Å². The van der Waals surface area contributed by atoms with Crippen LogP contribution in [-0.4, -0.2) is 23.0 Å². The van der Waals surface area contributed by atoms with Gasteiger partial charge in [-0.3, -0.25) is 10.1 Å². The molecule has 114 valence electrons. The predicted molar refractivity (Wildman–Crippen MR) is 84.7 cm³/mol. The highest BCUT2D eigenvalue weighted by Gasteiger charge is 2.45. The van der Waals surface area contributed by atoms with Crippen molar-refractivity contribution in [3.8, 4) is 0 Å². The molecule has 1 saturated carbocycles. The van der Waals surface area contributed by atoms with E-state index in [-0.39, 0.29) is 18.1 Å². The van der Waals surface area contributed by atoms with Gasteiger partial charge in [0.1, 0.15) is 6.04 Å². The molecule has 3 unspecified atom stereocenters. The van der Waals surface area contributed by atoms with Crippen LogP contribution in [-0.2, 0) is 4.79 Å². The van der Waals surface area contributed by atoms with Crippen molar-refractivity contribution in [3.63, 3.8) is 0 Å². The lowest BCUT2D eigenvalue weighted by molar-refractivity contribution is -0.132. The third kappa shape index (κ3) is 2.71. The van der Waals surface area contributed by atoms with Crippen LogP contribution in [0.25, 0.3) is 0 Å². The van der Waals surface area contributed by atoms with Gasteiger partial charge in [-0.1, -0.05) is 50.1 Å². The van der Waals surface area contributed by atoms with E-state index >= 15 is 0 Å². The molecule has 3 nitrogen and oxygen atoms in total. The van der Waals surface area contributed by atoms with Gasteiger partial charge in [-0.25, -0.2) is 0 Å². The van der Waals surface area contributed by atoms with Crippen molar-refractivity contribution in [2.75, 3.05) is 0 Å². The first kappa shape index (κ1) is 14.6. The molecule has 0 aromatic heterocycles. The molecule has 1 heterocycles. The molecule has 1 amide bonds. The molecule has 0 bridgehead atoms. The normalized spacial score (nSPS) is 28.3. The molecule has 3 heteroatoms. The molecular formula is C18H26N2O. The molecule has 1 aromatic carbocycles. The van der Waals surface area contributed by atoms with Gasteiger partial charge in [0.25, 0.3) is 0 Å². The number of benzene rings is 1. The van der Waals surface area contributed by atoms with E-state index in [9.17, 15) is 4.79 Å². The Kier molecular flexibility index (Phi) is 4.29. The number of hydrogen-bond acceptors (Lipinski definition) is 2. The van der Waals surface area contributed by atoms with Gasteiger partial charge in [-0.15, -0.1) is 0 Å². The molecular weight excluding hydrogens is 260 g/mol. The Hall–Kier alpha value is -1.35. The number of rotatable bonds is 4. The molecule has 0 radical (unpaired) electrons. The summed E-state index contributed by atoms with van der Waals surface area (Å²) >= 11 is 0. The zero-order valence-corrected chi connectivity index (χ0v) is 13.1. The van der Waals surface area contributed by atoms with E-state index in [1.165, 1.54) is 25.7 Å². The molecule has 0 spiro atoms. The van der Waals surface area contributed by atoms with E-state index in [4.69, 9.17) is 0 Å². The van der Waals surface area contributed by atoms with Crippen molar-refractivity contribution in [1.82, 2.24) is 10.2 Å². The van der Waals surface area contributed by atoms with E-state index in [0.717, 1.165) is 12.0 Å². The van der Waals surface area contributed by atoms with Crippen LogP contribution in [0.3, 0.4) is 0 Å². The molecule has 3 atom stereocenters. The molecule has 2 fully saturated rings. The summed E-state index contributed by atoms with van der Waals surface area (Å²) in [4.78, 5) is 15.1. The Bertz CT molecular complexity index is 481. The lowest BCUT2D eigenvalue weighted by Gasteiger charge is -2.33. The van der Waals surface area contributed by atoms with E-state index in [1.54, 1.807) is 0 Å². The smallest absolute Gasteiger partial charge is 0.245 e. The molecule has 21 heavy (non-hydrogen) atoms. The first-order chi connectivity index (χ1) is 10.2. The minimum Gasteiger partial charge on any atom is -0.323 e. The molecule has 1 aromatic rings. The Morgan fingerprint density at radius 1 is 1.24 bits per heavy atom. The Morgan fingerprint density at radius 2 is 1.90 bits per heavy atom. The van der Waals surface area contributed by atoms with Crippen molar-refractivity contribution in [2.24, 2.45) is 5.92 Å². The zero-order valence-electron chi connectivity index (χ0n) is 13.1. The van der Waals surface area contributed by atoms with Crippen LogP contribution >= 0.6 is 0 Å². The second-order valence-electron chi connectivity index (χ2n) is 6.50. The van der Waals surface area contributed by atoms with Crippen molar-refractivity contribution >= 4 is 5.91 Å². The van der Waals surface area contributed by atoms with Crippen LogP contribution < -0.4 is 5.32 Å². The molecule has 1 aliphatic carbocycles. The minimum absolute atomic E-state index is 0.161. The number of carbonyl (C=O) groups excluding carboxylic acids is 1. The lowest BCUT2D eigenvalue weighted by Crippen LogP contribution is -2.46. The number of carbonyl (C=O) groups is 1. The quantitative estimate of drug-likeness (QED) is 0.919. The van der Waals surface area contributed by atoms with Crippen molar-refractivity contribution in [2.45, 2.75) is 64.2 Å². The maximum atomic E-state index is 12.9. The minimum atomic E-state index is -0.161. The topological polar surface area (TPSA) is 32.3 Å². The highest BCUT2D eigenvalue weighted by molar-refractivity contribution is 5.86. The van der Waals surface area contributed by atoms with Gasteiger partial charge >= 0.3 is 0 Å². The zero-order chi connectivity index (χ0) is 14.8. The monoisotopic (exact) mass is 286 g/mol. The Labute approximate surface area is 127 Å². The molecule has 3 rings (SSSR count). The standard InChI is InChI=1S/C18H26N2O/c1-3-13(2)20-17(15-11-7-8-12-15)19-16(18(20)21)14-9-5-4-6-10-14/h4-6,9-10,13,15-17,19H,3,7-8,11-12H2,1-2H3. The van der Waals surface area contributed by atoms with Crippen molar-refractivity contribution in [1.29, 1.82) is 0 Å². The van der Waals surface area contributed by atoms with Gasteiger partial charge in [0, 0.05) is 6.04 Å².